The largest absolute Gasteiger partial charge is 0.469 e. The van der Waals surface area contributed by atoms with Crippen molar-refractivity contribution in [3.8, 4) is 0 Å². The van der Waals surface area contributed by atoms with Crippen molar-refractivity contribution in [2.45, 2.75) is 38.5 Å². The maximum absolute atomic E-state index is 5.44. The summed E-state index contributed by atoms with van der Waals surface area (Å²) < 4.78 is 16.2. The van der Waals surface area contributed by atoms with Gasteiger partial charge in [0.2, 0.25) is 0 Å². The standard InChI is InChI=1S/C22H38N4O3/c1-27-16-9-22(7-3-8-22)19-25-21(24-11-6-20-5-2-15-29-20)23-10-4-12-26-13-17-28-18-14-26/h2,5,15H,3-4,6-14,16-19H2,1H3,(H2,23,24,25). The van der Waals surface area contributed by atoms with E-state index in [2.05, 4.69) is 15.5 Å². The molecule has 0 aromatic carbocycles. The number of guanidine groups is 1. The van der Waals surface area contributed by atoms with Gasteiger partial charge in [0.05, 0.1) is 19.5 Å². The normalized spacial score (nSPS) is 19.7. The predicted molar refractivity (Wildman–Crippen MR) is 115 cm³/mol. The first-order chi connectivity index (χ1) is 14.3. The molecule has 1 aliphatic heterocycles. The van der Waals surface area contributed by atoms with Gasteiger partial charge in [-0.15, -0.1) is 0 Å². The average molecular weight is 407 g/mol. The number of morpholine rings is 1. The average Bonchev–Trinajstić information content (AvgIpc) is 3.24. The SMILES string of the molecule is COCCC1(CN=C(NCCCN2CCOCC2)NCCc2ccco2)CCC1. The van der Waals surface area contributed by atoms with Gasteiger partial charge in [0.15, 0.2) is 5.96 Å². The monoisotopic (exact) mass is 406 g/mol. The van der Waals surface area contributed by atoms with E-state index in [0.29, 0.717) is 5.41 Å². The smallest absolute Gasteiger partial charge is 0.191 e. The van der Waals surface area contributed by atoms with Gasteiger partial charge in [-0.1, -0.05) is 6.42 Å². The molecule has 3 rings (SSSR count). The number of nitrogens with one attached hydrogen (secondary N) is 2. The molecule has 0 spiro atoms. The van der Waals surface area contributed by atoms with Gasteiger partial charge in [-0.3, -0.25) is 9.89 Å². The van der Waals surface area contributed by atoms with Crippen LogP contribution in [0.15, 0.2) is 27.8 Å². The van der Waals surface area contributed by atoms with Crippen molar-refractivity contribution < 1.29 is 13.9 Å². The Hall–Kier alpha value is -1.57. The summed E-state index contributed by atoms with van der Waals surface area (Å²) in [6.45, 7) is 8.35. The Morgan fingerprint density at radius 1 is 1.24 bits per heavy atom. The van der Waals surface area contributed by atoms with Crippen LogP contribution in [0, 0.1) is 5.41 Å². The molecule has 0 radical (unpaired) electrons. The number of methoxy groups -OCH3 is 1. The molecular weight excluding hydrogens is 368 g/mol. The fourth-order valence-corrected chi connectivity index (χ4v) is 4.00. The van der Waals surface area contributed by atoms with Gasteiger partial charge in [0, 0.05) is 52.9 Å². The molecular formula is C22H38N4O3. The van der Waals surface area contributed by atoms with Crippen molar-refractivity contribution in [1.29, 1.82) is 0 Å². The van der Waals surface area contributed by atoms with Crippen LogP contribution in [0.5, 0.6) is 0 Å². The number of furan rings is 1. The first kappa shape index (κ1) is 22.1. The summed E-state index contributed by atoms with van der Waals surface area (Å²) in [7, 11) is 1.78. The summed E-state index contributed by atoms with van der Waals surface area (Å²) in [5.74, 6) is 1.92. The van der Waals surface area contributed by atoms with Crippen LogP contribution in [0.2, 0.25) is 0 Å². The molecule has 0 amide bonds. The lowest BCUT2D eigenvalue weighted by molar-refractivity contribution is 0.0376. The third-order valence-electron chi connectivity index (χ3n) is 6.11. The molecule has 1 aromatic rings. The molecule has 7 heteroatoms. The van der Waals surface area contributed by atoms with Crippen molar-refractivity contribution in [1.82, 2.24) is 15.5 Å². The van der Waals surface area contributed by atoms with Gasteiger partial charge in [-0.2, -0.15) is 0 Å². The molecule has 2 aliphatic rings. The number of aliphatic imine (C=N–C) groups is 1. The second-order valence-electron chi connectivity index (χ2n) is 8.25. The third kappa shape index (κ3) is 7.64. The van der Waals surface area contributed by atoms with Crippen LogP contribution in [0.3, 0.4) is 0 Å². The van der Waals surface area contributed by atoms with Crippen LogP contribution in [-0.4, -0.2) is 77.1 Å². The Balaban J connectivity index is 1.45. The first-order valence-electron chi connectivity index (χ1n) is 11.1. The number of hydrogen-bond donors (Lipinski definition) is 2. The summed E-state index contributed by atoms with van der Waals surface area (Å²) in [4.78, 5) is 7.42. The number of hydrogen-bond acceptors (Lipinski definition) is 5. The van der Waals surface area contributed by atoms with E-state index in [9.17, 15) is 0 Å². The molecule has 1 saturated heterocycles. The van der Waals surface area contributed by atoms with Crippen LogP contribution >= 0.6 is 0 Å². The van der Waals surface area contributed by atoms with Crippen LogP contribution < -0.4 is 10.6 Å². The van der Waals surface area contributed by atoms with Gasteiger partial charge in [-0.05, 0) is 49.8 Å². The van der Waals surface area contributed by atoms with E-state index < -0.39 is 0 Å². The van der Waals surface area contributed by atoms with E-state index in [4.69, 9.17) is 18.9 Å². The minimum atomic E-state index is 0.333. The molecule has 29 heavy (non-hydrogen) atoms. The fraction of sp³-hybridized carbons (Fsp3) is 0.773. The van der Waals surface area contributed by atoms with Gasteiger partial charge in [-0.25, -0.2) is 0 Å². The topological polar surface area (TPSA) is 71.3 Å². The van der Waals surface area contributed by atoms with Crippen LogP contribution in [0.25, 0.3) is 0 Å². The minimum absolute atomic E-state index is 0.333. The summed E-state index contributed by atoms with van der Waals surface area (Å²) in [5.41, 5.74) is 0.333. The lowest BCUT2D eigenvalue weighted by atomic mass is 9.67. The molecule has 0 unspecified atom stereocenters. The van der Waals surface area contributed by atoms with Crippen molar-refractivity contribution in [2.75, 3.05) is 66.2 Å². The second kappa shape index (κ2) is 12.2. The quantitative estimate of drug-likeness (QED) is 0.315. The second-order valence-corrected chi connectivity index (χ2v) is 8.25. The Morgan fingerprint density at radius 3 is 2.76 bits per heavy atom. The third-order valence-corrected chi connectivity index (χ3v) is 6.11. The van der Waals surface area contributed by atoms with Crippen LogP contribution in [0.4, 0.5) is 0 Å². The first-order valence-corrected chi connectivity index (χ1v) is 11.1. The molecule has 7 nitrogen and oxygen atoms in total. The summed E-state index contributed by atoms with van der Waals surface area (Å²) in [6, 6.07) is 3.95. The number of nitrogens with zero attached hydrogens (tertiary/aromatic N) is 2. The van der Waals surface area contributed by atoms with Gasteiger partial charge in [0.25, 0.3) is 0 Å². The van der Waals surface area contributed by atoms with E-state index in [-0.39, 0.29) is 0 Å². The fourth-order valence-electron chi connectivity index (χ4n) is 4.00. The molecule has 2 heterocycles. The van der Waals surface area contributed by atoms with Crippen LogP contribution in [0.1, 0.15) is 37.9 Å². The maximum atomic E-state index is 5.44. The minimum Gasteiger partial charge on any atom is -0.469 e. The van der Waals surface area contributed by atoms with Gasteiger partial charge >= 0.3 is 0 Å². The molecule has 1 aromatic heterocycles. The molecule has 1 saturated carbocycles. The van der Waals surface area contributed by atoms with E-state index in [1.807, 2.05) is 12.1 Å². The van der Waals surface area contributed by atoms with E-state index in [1.54, 1.807) is 13.4 Å². The van der Waals surface area contributed by atoms with Crippen molar-refractivity contribution in [3.05, 3.63) is 24.2 Å². The van der Waals surface area contributed by atoms with Gasteiger partial charge in [0.1, 0.15) is 5.76 Å². The highest BCUT2D eigenvalue weighted by molar-refractivity contribution is 5.79. The molecule has 164 valence electrons. The molecule has 0 bridgehead atoms. The summed E-state index contributed by atoms with van der Waals surface area (Å²) in [6.07, 6.45) is 8.62. The molecule has 1 aliphatic carbocycles. The zero-order chi connectivity index (χ0) is 20.2. The number of ether oxygens (including phenoxy) is 2. The maximum Gasteiger partial charge on any atom is 0.191 e. The predicted octanol–water partition coefficient (Wildman–Crippen LogP) is 2.29. The lowest BCUT2D eigenvalue weighted by Gasteiger charge is -2.40. The van der Waals surface area contributed by atoms with E-state index >= 15 is 0 Å². The Morgan fingerprint density at radius 2 is 2.07 bits per heavy atom. The Kier molecular flexibility index (Phi) is 9.31. The highest BCUT2D eigenvalue weighted by Gasteiger charge is 2.36. The highest BCUT2D eigenvalue weighted by atomic mass is 16.5. The zero-order valence-electron chi connectivity index (χ0n) is 18.0. The van der Waals surface area contributed by atoms with Crippen molar-refractivity contribution >= 4 is 5.96 Å². The zero-order valence-corrected chi connectivity index (χ0v) is 18.0. The summed E-state index contributed by atoms with van der Waals surface area (Å²) in [5, 5.41) is 7.02. The van der Waals surface area contributed by atoms with E-state index in [1.165, 1.54) is 19.3 Å². The van der Waals surface area contributed by atoms with Crippen LogP contribution in [-0.2, 0) is 15.9 Å². The van der Waals surface area contributed by atoms with Gasteiger partial charge < -0.3 is 24.5 Å². The Bertz CT molecular complexity index is 581. The summed E-state index contributed by atoms with van der Waals surface area (Å²) >= 11 is 0. The molecule has 2 N–H and O–H groups in total. The number of rotatable bonds is 12. The molecule has 2 fully saturated rings. The van der Waals surface area contributed by atoms with Crippen molar-refractivity contribution in [3.63, 3.8) is 0 Å². The van der Waals surface area contributed by atoms with Crippen molar-refractivity contribution in [2.24, 2.45) is 10.4 Å². The molecule has 0 atom stereocenters. The van der Waals surface area contributed by atoms with E-state index in [0.717, 1.165) is 90.1 Å². The highest BCUT2D eigenvalue weighted by Crippen LogP contribution is 2.44. The lowest BCUT2D eigenvalue weighted by Crippen LogP contribution is -2.42. The Labute approximate surface area is 175 Å².